The van der Waals surface area contributed by atoms with Crippen LogP contribution in [0.3, 0.4) is 0 Å². The predicted octanol–water partition coefficient (Wildman–Crippen LogP) is 2.77. The summed E-state index contributed by atoms with van der Waals surface area (Å²) < 4.78 is 5.57. The highest BCUT2D eigenvalue weighted by atomic mass is 16.5. The molecule has 0 radical (unpaired) electrons. The molecule has 0 bridgehead atoms. The number of ether oxygens (including phenoxy) is 1. The first-order chi connectivity index (χ1) is 8.83. The van der Waals surface area contributed by atoms with Crippen LogP contribution in [0.15, 0.2) is 24.3 Å². The third kappa shape index (κ3) is 4.91. The summed E-state index contributed by atoms with van der Waals surface area (Å²) in [5.74, 6) is 0.329. The molecule has 0 heterocycles. The van der Waals surface area contributed by atoms with E-state index >= 15 is 0 Å². The van der Waals surface area contributed by atoms with E-state index in [4.69, 9.17) is 15.6 Å². The molecule has 4 heteroatoms. The highest BCUT2D eigenvalue weighted by molar-refractivity contribution is 5.77. The fourth-order valence-electron chi connectivity index (χ4n) is 1.69. The number of rotatable bonds is 7. The lowest BCUT2D eigenvalue weighted by atomic mass is 9.98. The molecular weight excluding hydrogens is 242 g/mol. The molecule has 0 aliphatic carbocycles. The Morgan fingerprint density at radius 1 is 1.37 bits per heavy atom. The number of carboxylic acid groups (broad SMARTS) is 1. The fourth-order valence-corrected chi connectivity index (χ4v) is 1.69. The minimum absolute atomic E-state index is 0.395. The molecule has 19 heavy (non-hydrogen) atoms. The van der Waals surface area contributed by atoms with E-state index in [1.165, 1.54) is 12.5 Å². The third-order valence-corrected chi connectivity index (χ3v) is 3.14. The van der Waals surface area contributed by atoms with E-state index in [2.05, 4.69) is 13.8 Å². The maximum atomic E-state index is 10.8. The highest BCUT2D eigenvalue weighted by Crippen LogP contribution is 2.19. The van der Waals surface area contributed by atoms with Gasteiger partial charge in [-0.05, 0) is 43.4 Å². The van der Waals surface area contributed by atoms with Gasteiger partial charge in [0, 0.05) is 0 Å². The SMILES string of the molecule is CC(C)c1ccc(OCCCC(C)(N)C(=O)O)cc1. The van der Waals surface area contributed by atoms with Crippen molar-refractivity contribution < 1.29 is 14.6 Å². The highest BCUT2D eigenvalue weighted by Gasteiger charge is 2.26. The minimum atomic E-state index is -1.18. The Bertz CT molecular complexity index is 410. The zero-order chi connectivity index (χ0) is 14.5. The normalized spacial score (nSPS) is 14.2. The van der Waals surface area contributed by atoms with Crippen LogP contribution in [0.1, 0.15) is 45.1 Å². The van der Waals surface area contributed by atoms with E-state index in [0.717, 1.165) is 5.75 Å². The van der Waals surface area contributed by atoms with Gasteiger partial charge in [0.05, 0.1) is 6.61 Å². The number of benzene rings is 1. The van der Waals surface area contributed by atoms with Gasteiger partial charge in [-0.15, -0.1) is 0 Å². The molecule has 0 fully saturated rings. The van der Waals surface area contributed by atoms with E-state index in [9.17, 15) is 4.79 Å². The maximum absolute atomic E-state index is 10.8. The summed E-state index contributed by atoms with van der Waals surface area (Å²) in [5.41, 5.74) is 5.73. The lowest BCUT2D eigenvalue weighted by Gasteiger charge is -2.18. The zero-order valence-corrected chi connectivity index (χ0v) is 11.8. The Morgan fingerprint density at radius 3 is 2.42 bits per heavy atom. The Balaban J connectivity index is 2.36. The maximum Gasteiger partial charge on any atom is 0.323 e. The fraction of sp³-hybridized carbons (Fsp3) is 0.533. The minimum Gasteiger partial charge on any atom is -0.494 e. The summed E-state index contributed by atoms with van der Waals surface area (Å²) in [5, 5.41) is 8.87. The van der Waals surface area contributed by atoms with Crippen LogP contribution >= 0.6 is 0 Å². The van der Waals surface area contributed by atoms with Crippen molar-refractivity contribution >= 4 is 5.97 Å². The Hall–Kier alpha value is -1.55. The van der Waals surface area contributed by atoms with Crippen molar-refractivity contribution in [3.8, 4) is 5.75 Å². The van der Waals surface area contributed by atoms with Gasteiger partial charge in [-0.2, -0.15) is 0 Å². The molecule has 0 aliphatic rings. The average Bonchev–Trinajstić information content (AvgIpc) is 2.35. The van der Waals surface area contributed by atoms with Gasteiger partial charge in [0.2, 0.25) is 0 Å². The largest absolute Gasteiger partial charge is 0.494 e. The molecule has 0 saturated heterocycles. The Kier molecular flexibility index (Phi) is 5.36. The molecule has 1 unspecified atom stereocenters. The summed E-state index contributed by atoms with van der Waals surface area (Å²) in [4.78, 5) is 10.8. The number of hydrogen-bond donors (Lipinski definition) is 2. The topological polar surface area (TPSA) is 72.5 Å². The summed E-state index contributed by atoms with van der Waals surface area (Å²) in [6.45, 7) is 6.28. The molecule has 1 rings (SSSR count). The van der Waals surface area contributed by atoms with Crippen LogP contribution in [-0.2, 0) is 4.79 Å². The number of hydrogen-bond acceptors (Lipinski definition) is 3. The molecule has 1 aromatic carbocycles. The molecule has 0 aromatic heterocycles. The van der Waals surface area contributed by atoms with Gasteiger partial charge >= 0.3 is 5.97 Å². The zero-order valence-electron chi connectivity index (χ0n) is 11.8. The third-order valence-electron chi connectivity index (χ3n) is 3.14. The first-order valence-electron chi connectivity index (χ1n) is 6.58. The Morgan fingerprint density at radius 2 is 1.95 bits per heavy atom. The summed E-state index contributed by atoms with van der Waals surface area (Å²) in [6.07, 6.45) is 1.01. The van der Waals surface area contributed by atoms with Gasteiger partial charge in [0.25, 0.3) is 0 Å². The van der Waals surface area contributed by atoms with Gasteiger partial charge in [-0.25, -0.2) is 0 Å². The second-order valence-electron chi connectivity index (χ2n) is 5.40. The van der Waals surface area contributed by atoms with E-state index in [0.29, 0.717) is 25.4 Å². The Labute approximate surface area is 114 Å². The van der Waals surface area contributed by atoms with Gasteiger partial charge in [-0.1, -0.05) is 26.0 Å². The number of carboxylic acids is 1. The van der Waals surface area contributed by atoms with Crippen LogP contribution in [0, 0.1) is 0 Å². The number of aliphatic carboxylic acids is 1. The van der Waals surface area contributed by atoms with Crippen molar-refractivity contribution in [2.75, 3.05) is 6.61 Å². The monoisotopic (exact) mass is 265 g/mol. The standard InChI is InChI=1S/C15H23NO3/c1-11(2)12-5-7-13(8-6-12)19-10-4-9-15(3,16)14(17)18/h5-8,11H,4,9-10,16H2,1-3H3,(H,17,18). The summed E-state index contributed by atoms with van der Waals surface area (Å²) in [6, 6.07) is 7.97. The smallest absolute Gasteiger partial charge is 0.323 e. The van der Waals surface area contributed by atoms with E-state index < -0.39 is 11.5 Å². The number of nitrogens with two attached hydrogens (primary N) is 1. The quantitative estimate of drug-likeness (QED) is 0.743. The second kappa shape index (κ2) is 6.57. The van der Waals surface area contributed by atoms with Crippen molar-refractivity contribution in [3.63, 3.8) is 0 Å². The van der Waals surface area contributed by atoms with Gasteiger partial charge in [0.15, 0.2) is 0 Å². The lowest BCUT2D eigenvalue weighted by Crippen LogP contribution is -2.44. The van der Waals surface area contributed by atoms with Gasteiger partial charge < -0.3 is 15.6 Å². The number of carbonyl (C=O) groups is 1. The van der Waals surface area contributed by atoms with Crippen LogP contribution in [0.5, 0.6) is 5.75 Å². The van der Waals surface area contributed by atoms with Crippen LogP contribution in [0.25, 0.3) is 0 Å². The lowest BCUT2D eigenvalue weighted by molar-refractivity contribution is -0.142. The van der Waals surface area contributed by atoms with Crippen LogP contribution in [-0.4, -0.2) is 23.2 Å². The van der Waals surface area contributed by atoms with Gasteiger partial charge in [-0.3, -0.25) is 4.79 Å². The molecule has 0 spiro atoms. The van der Waals surface area contributed by atoms with Crippen LogP contribution in [0.2, 0.25) is 0 Å². The van der Waals surface area contributed by atoms with Crippen molar-refractivity contribution in [3.05, 3.63) is 29.8 Å². The molecule has 0 aliphatic heterocycles. The van der Waals surface area contributed by atoms with Gasteiger partial charge in [0.1, 0.15) is 11.3 Å². The molecular formula is C15H23NO3. The average molecular weight is 265 g/mol. The molecule has 1 aromatic rings. The predicted molar refractivity (Wildman–Crippen MR) is 75.5 cm³/mol. The second-order valence-corrected chi connectivity index (χ2v) is 5.40. The molecule has 106 valence electrons. The van der Waals surface area contributed by atoms with E-state index in [1.54, 1.807) is 0 Å². The molecule has 0 amide bonds. The first kappa shape index (κ1) is 15.5. The molecule has 1 atom stereocenters. The summed E-state index contributed by atoms with van der Waals surface area (Å²) in [7, 11) is 0. The van der Waals surface area contributed by atoms with Crippen LogP contribution in [0.4, 0.5) is 0 Å². The van der Waals surface area contributed by atoms with Crippen LogP contribution < -0.4 is 10.5 Å². The molecule has 0 saturated carbocycles. The first-order valence-corrected chi connectivity index (χ1v) is 6.58. The van der Waals surface area contributed by atoms with Crippen molar-refractivity contribution in [2.45, 2.75) is 45.1 Å². The van der Waals surface area contributed by atoms with E-state index in [1.807, 2.05) is 24.3 Å². The van der Waals surface area contributed by atoms with Crippen molar-refractivity contribution in [2.24, 2.45) is 5.73 Å². The van der Waals surface area contributed by atoms with Crippen molar-refractivity contribution in [1.29, 1.82) is 0 Å². The molecule has 4 nitrogen and oxygen atoms in total. The summed E-state index contributed by atoms with van der Waals surface area (Å²) >= 11 is 0. The van der Waals surface area contributed by atoms with Crippen molar-refractivity contribution in [1.82, 2.24) is 0 Å². The van der Waals surface area contributed by atoms with E-state index in [-0.39, 0.29) is 0 Å². The molecule has 3 N–H and O–H groups in total.